The monoisotopic (exact) mass is 630 g/mol. The molecule has 3 rings (SSSR count). The van der Waals surface area contributed by atoms with E-state index < -0.39 is 30.5 Å². The van der Waals surface area contributed by atoms with Gasteiger partial charge in [-0.2, -0.15) is 0 Å². The Hall–Kier alpha value is -2.95. The number of carbonyl (C=O) groups excluding carboxylic acids is 3. The van der Waals surface area contributed by atoms with Crippen LogP contribution in [0.2, 0.25) is 5.28 Å². The molecule has 3 amide bonds. The van der Waals surface area contributed by atoms with Gasteiger partial charge in [0.05, 0.1) is 12.5 Å². The van der Waals surface area contributed by atoms with Crippen LogP contribution in [-0.4, -0.2) is 64.2 Å². The van der Waals surface area contributed by atoms with Gasteiger partial charge in [-0.05, 0) is 87.1 Å². The van der Waals surface area contributed by atoms with Crippen molar-refractivity contribution in [1.29, 1.82) is 0 Å². The molecule has 1 saturated carbocycles. The van der Waals surface area contributed by atoms with E-state index in [9.17, 15) is 19.5 Å². The number of nitrogens with one attached hydrogen (secondary N) is 3. The third-order valence-corrected chi connectivity index (χ3v) is 8.94. The number of unbranched alkanes of at least 4 members (excludes halogenated alkanes) is 2. The van der Waals surface area contributed by atoms with Crippen LogP contribution in [0.25, 0.3) is 0 Å². The molecule has 1 aliphatic carbocycles. The van der Waals surface area contributed by atoms with Crippen molar-refractivity contribution >= 4 is 29.3 Å². The fourth-order valence-electron chi connectivity index (χ4n) is 5.74. The van der Waals surface area contributed by atoms with Crippen LogP contribution < -0.4 is 21.7 Å². The maximum absolute atomic E-state index is 13.1. The smallest absolute Gasteiger partial charge is 0.245 e. The van der Waals surface area contributed by atoms with E-state index >= 15 is 0 Å². The van der Waals surface area contributed by atoms with Crippen molar-refractivity contribution in [3.8, 4) is 0 Å². The van der Waals surface area contributed by atoms with Gasteiger partial charge in [0.1, 0.15) is 12.1 Å². The summed E-state index contributed by atoms with van der Waals surface area (Å²) in [5.41, 5.74) is 7.62. The van der Waals surface area contributed by atoms with Crippen LogP contribution >= 0.6 is 11.6 Å². The molecule has 0 saturated heterocycles. The maximum atomic E-state index is 13.1. The molecule has 0 aliphatic heterocycles. The first-order valence-corrected chi connectivity index (χ1v) is 16.6. The Bertz CT molecular complexity index is 1150. The zero-order chi connectivity index (χ0) is 31.7. The van der Waals surface area contributed by atoms with Crippen LogP contribution in [0.15, 0.2) is 36.7 Å². The van der Waals surface area contributed by atoms with E-state index in [4.69, 9.17) is 17.3 Å². The SMILES string of the molecule is CC(C(=O)N[C@@H](CO)C(=O)N[C@@H](CCCCN)C(=O)NCCC1CCCCC1)c1ccc(CCCCn2ccnc2Cl)cc1. The Morgan fingerprint density at radius 1 is 1.00 bits per heavy atom. The highest BCUT2D eigenvalue weighted by molar-refractivity contribution is 6.28. The molecule has 1 heterocycles. The number of halogens is 1. The van der Waals surface area contributed by atoms with Crippen molar-refractivity contribution in [3.63, 3.8) is 0 Å². The summed E-state index contributed by atoms with van der Waals surface area (Å²) in [7, 11) is 0. The highest BCUT2D eigenvalue weighted by Gasteiger charge is 2.28. The van der Waals surface area contributed by atoms with Crippen LogP contribution in [0.5, 0.6) is 0 Å². The molecule has 2 aromatic rings. The second-order valence-corrected chi connectivity index (χ2v) is 12.3. The lowest BCUT2D eigenvalue weighted by Gasteiger charge is -2.24. The zero-order valence-corrected chi connectivity index (χ0v) is 26.9. The van der Waals surface area contributed by atoms with E-state index in [1.165, 1.54) is 37.7 Å². The van der Waals surface area contributed by atoms with Crippen molar-refractivity contribution in [2.75, 3.05) is 19.7 Å². The molecule has 1 fully saturated rings. The summed E-state index contributed by atoms with van der Waals surface area (Å²) in [4.78, 5) is 43.2. The highest BCUT2D eigenvalue weighted by atomic mass is 35.5. The van der Waals surface area contributed by atoms with E-state index in [-0.39, 0.29) is 11.8 Å². The Balaban J connectivity index is 1.47. The maximum Gasteiger partial charge on any atom is 0.245 e. The Morgan fingerprint density at radius 2 is 1.73 bits per heavy atom. The van der Waals surface area contributed by atoms with Crippen LogP contribution in [0.4, 0.5) is 0 Å². The number of rotatable bonds is 19. The minimum atomic E-state index is -1.17. The molecule has 0 spiro atoms. The molecule has 10 nitrogen and oxygen atoms in total. The molecule has 1 aliphatic rings. The lowest BCUT2D eigenvalue weighted by Crippen LogP contribution is -2.55. The largest absolute Gasteiger partial charge is 0.394 e. The number of hydrogen-bond donors (Lipinski definition) is 5. The fraction of sp³-hybridized carbons (Fsp3) is 0.636. The summed E-state index contributed by atoms with van der Waals surface area (Å²) < 4.78 is 1.92. The van der Waals surface area contributed by atoms with Gasteiger partial charge in [0.2, 0.25) is 23.0 Å². The Morgan fingerprint density at radius 3 is 2.39 bits per heavy atom. The van der Waals surface area contributed by atoms with Crippen molar-refractivity contribution in [1.82, 2.24) is 25.5 Å². The van der Waals surface area contributed by atoms with Crippen molar-refractivity contribution in [3.05, 3.63) is 53.1 Å². The first kappa shape index (κ1) is 35.5. The number of amides is 3. The van der Waals surface area contributed by atoms with Gasteiger partial charge >= 0.3 is 0 Å². The number of aryl methyl sites for hydroxylation is 2. The number of aliphatic hydroxyl groups excluding tert-OH is 1. The van der Waals surface area contributed by atoms with Gasteiger partial charge < -0.3 is 31.4 Å². The third-order valence-electron chi connectivity index (χ3n) is 8.62. The molecule has 11 heteroatoms. The standard InChI is InChI=1S/C33H51ClN6O4/c1-24(27-15-13-26(14-16-27)11-6-8-21-40-22-20-37-33(40)34)30(42)39-29(23-41)32(44)38-28(12-5-7-18-35)31(43)36-19-17-25-9-3-2-4-10-25/h13-16,20,22,24-25,28-29,41H,2-12,17-19,21,23,35H2,1H3,(H,36,43)(H,38,44)(H,39,42)/t24?,28-,29-/m0/s1. The molecule has 0 bridgehead atoms. The second kappa shape index (κ2) is 19.4. The quantitative estimate of drug-likeness (QED) is 0.149. The summed E-state index contributed by atoms with van der Waals surface area (Å²) in [6.07, 6.45) is 15.4. The number of aliphatic hydroxyl groups is 1. The molecule has 1 aromatic carbocycles. The van der Waals surface area contributed by atoms with Gasteiger partial charge in [0, 0.05) is 25.5 Å². The number of imidazole rings is 1. The van der Waals surface area contributed by atoms with Crippen LogP contribution in [0.1, 0.15) is 94.6 Å². The van der Waals surface area contributed by atoms with Gasteiger partial charge in [-0.25, -0.2) is 4.98 Å². The predicted octanol–water partition coefficient (Wildman–Crippen LogP) is 3.84. The van der Waals surface area contributed by atoms with Crippen molar-refractivity contribution in [2.24, 2.45) is 11.7 Å². The molecule has 44 heavy (non-hydrogen) atoms. The topological polar surface area (TPSA) is 151 Å². The Kier molecular flexibility index (Phi) is 15.7. The summed E-state index contributed by atoms with van der Waals surface area (Å²) in [5.74, 6) is -1.09. The molecule has 1 aromatic heterocycles. The van der Waals surface area contributed by atoms with Gasteiger partial charge in [-0.3, -0.25) is 14.4 Å². The zero-order valence-electron chi connectivity index (χ0n) is 26.1. The number of aromatic nitrogens is 2. The summed E-state index contributed by atoms with van der Waals surface area (Å²) >= 11 is 6.03. The molecular formula is C33H51ClN6O4. The van der Waals surface area contributed by atoms with Crippen molar-refractivity contribution < 1.29 is 19.5 Å². The van der Waals surface area contributed by atoms with Gasteiger partial charge in [-0.15, -0.1) is 0 Å². The minimum Gasteiger partial charge on any atom is -0.394 e. The lowest BCUT2D eigenvalue weighted by atomic mass is 9.87. The number of carbonyl (C=O) groups is 3. The number of benzene rings is 1. The van der Waals surface area contributed by atoms with Gasteiger partial charge in [0.25, 0.3) is 0 Å². The van der Waals surface area contributed by atoms with E-state index in [0.717, 1.165) is 44.2 Å². The van der Waals surface area contributed by atoms with E-state index in [1.807, 2.05) is 35.0 Å². The van der Waals surface area contributed by atoms with E-state index in [0.29, 0.717) is 37.1 Å². The second-order valence-electron chi connectivity index (χ2n) is 12.0. The van der Waals surface area contributed by atoms with E-state index in [2.05, 4.69) is 20.9 Å². The van der Waals surface area contributed by atoms with Crippen molar-refractivity contribution in [2.45, 2.75) is 109 Å². The number of nitrogens with two attached hydrogens (primary N) is 1. The normalized spacial score (nSPS) is 15.7. The number of nitrogens with zero attached hydrogens (tertiary/aromatic N) is 2. The first-order valence-electron chi connectivity index (χ1n) is 16.3. The summed E-state index contributed by atoms with van der Waals surface area (Å²) in [5, 5.41) is 18.9. The first-order chi connectivity index (χ1) is 21.3. The van der Waals surface area contributed by atoms with Crippen LogP contribution in [0, 0.1) is 5.92 Å². The summed E-state index contributed by atoms with van der Waals surface area (Å²) in [6.45, 7) is 3.07. The lowest BCUT2D eigenvalue weighted by molar-refractivity contribution is -0.133. The number of hydrogen-bond acceptors (Lipinski definition) is 6. The Labute approximate surface area is 266 Å². The molecule has 244 valence electrons. The average molecular weight is 631 g/mol. The molecule has 1 unspecified atom stereocenters. The highest BCUT2D eigenvalue weighted by Crippen LogP contribution is 2.25. The van der Waals surface area contributed by atoms with Gasteiger partial charge in [0.15, 0.2) is 0 Å². The third kappa shape index (κ3) is 11.9. The predicted molar refractivity (Wildman–Crippen MR) is 173 cm³/mol. The average Bonchev–Trinajstić information content (AvgIpc) is 3.45. The van der Waals surface area contributed by atoms with E-state index in [1.54, 1.807) is 13.1 Å². The van der Waals surface area contributed by atoms with Gasteiger partial charge in [-0.1, -0.05) is 56.4 Å². The molecular weight excluding hydrogens is 580 g/mol. The van der Waals surface area contributed by atoms with Crippen LogP contribution in [-0.2, 0) is 27.3 Å². The molecule has 6 N–H and O–H groups in total. The molecule has 3 atom stereocenters. The summed E-state index contributed by atoms with van der Waals surface area (Å²) in [6, 6.07) is 5.95. The van der Waals surface area contributed by atoms with Crippen LogP contribution in [0.3, 0.4) is 0 Å². The minimum absolute atomic E-state index is 0.242. The molecule has 0 radical (unpaired) electrons. The fourth-order valence-corrected chi connectivity index (χ4v) is 5.93.